The Morgan fingerprint density at radius 2 is 2.33 bits per heavy atom. The summed E-state index contributed by atoms with van der Waals surface area (Å²) in [6, 6.07) is 6.17. The smallest absolute Gasteiger partial charge is 0.236 e. The van der Waals surface area contributed by atoms with Crippen LogP contribution in [0.4, 0.5) is 0 Å². The molecule has 1 rings (SSSR count). The number of hydrogen-bond acceptors (Lipinski definition) is 4. The maximum absolute atomic E-state index is 10.1. The van der Waals surface area contributed by atoms with Crippen molar-refractivity contribution in [1.29, 1.82) is 5.26 Å². The second-order valence-corrected chi connectivity index (χ2v) is 3.49. The predicted octanol–water partition coefficient (Wildman–Crippen LogP) is 2.36. The maximum Gasteiger partial charge on any atom is 0.236 e. The van der Waals surface area contributed by atoms with Crippen molar-refractivity contribution in [2.24, 2.45) is 4.99 Å². The third-order valence-electron chi connectivity index (χ3n) is 1.80. The van der Waals surface area contributed by atoms with E-state index in [2.05, 4.69) is 20.9 Å². The third-order valence-corrected chi connectivity index (χ3v) is 2.52. The Morgan fingerprint density at radius 1 is 1.60 bits per heavy atom. The lowest BCUT2D eigenvalue weighted by molar-refractivity contribution is 0.414. The standard InChI is InChI=1S/C10H7BrN2O2/c1-15-7-2-3-9(11)8(4-7)10(5-12)13-6-14/h2-4,10H,1H3. The van der Waals surface area contributed by atoms with E-state index in [1.165, 1.54) is 13.2 Å². The number of carbonyl (C=O) groups excluding carboxylic acids is 1. The molecule has 4 nitrogen and oxygen atoms in total. The van der Waals surface area contributed by atoms with Gasteiger partial charge in [0.2, 0.25) is 6.08 Å². The van der Waals surface area contributed by atoms with Crippen LogP contribution in [-0.2, 0) is 4.79 Å². The number of methoxy groups -OCH3 is 1. The number of rotatable bonds is 3. The molecule has 1 atom stereocenters. The van der Waals surface area contributed by atoms with Gasteiger partial charge in [0.15, 0.2) is 6.04 Å². The van der Waals surface area contributed by atoms with Gasteiger partial charge in [-0.2, -0.15) is 10.3 Å². The minimum Gasteiger partial charge on any atom is -0.497 e. The maximum atomic E-state index is 10.1. The first kappa shape index (κ1) is 11.4. The van der Waals surface area contributed by atoms with Crippen LogP contribution < -0.4 is 4.74 Å². The molecule has 0 heterocycles. The molecule has 1 aromatic carbocycles. The van der Waals surface area contributed by atoms with Crippen molar-refractivity contribution >= 4 is 22.0 Å². The molecule has 0 saturated carbocycles. The molecule has 0 aliphatic rings. The highest BCUT2D eigenvalue weighted by Gasteiger charge is 2.13. The number of benzene rings is 1. The average Bonchev–Trinajstić information content (AvgIpc) is 2.27. The summed E-state index contributed by atoms with van der Waals surface area (Å²) < 4.78 is 5.71. The van der Waals surface area contributed by atoms with Crippen LogP contribution in [0.1, 0.15) is 11.6 Å². The van der Waals surface area contributed by atoms with Crippen LogP contribution >= 0.6 is 15.9 Å². The molecule has 0 N–H and O–H groups in total. The summed E-state index contributed by atoms with van der Waals surface area (Å²) in [6.07, 6.45) is 1.37. The van der Waals surface area contributed by atoms with Gasteiger partial charge in [0.05, 0.1) is 13.2 Å². The minimum atomic E-state index is -0.855. The molecule has 76 valence electrons. The molecule has 1 unspecified atom stereocenters. The summed E-state index contributed by atoms with van der Waals surface area (Å²) in [6.45, 7) is 0. The number of nitriles is 1. The van der Waals surface area contributed by atoms with Gasteiger partial charge < -0.3 is 4.74 Å². The van der Waals surface area contributed by atoms with E-state index in [0.29, 0.717) is 15.8 Å². The van der Waals surface area contributed by atoms with Gasteiger partial charge in [-0.1, -0.05) is 15.9 Å². The van der Waals surface area contributed by atoms with E-state index in [4.69, 9.17) is 10.00 Å². The highest BCUT2D eigenvalue weighted by Crippen LogP contribution is 2.29. The van der Waals surface area contributed by atoms with E-state index < -0.39 is 6.04 Å². The zero-order valence-corrected chi connectivity index (χ0v) is 9.48. The highest BCUT2D eigenvalue weighted by molar-refractivity contribution is 9.10. The normalized spacial score (nSPS) is 11.0. The summed E-state index contributed by atoms with van der Waals surface area (Å²) in [5, 5.41) is 8.81. The van der Waals surface area contributed by atoms with Gasteiger partial charge in [-0.15, -0.1) is 0 Å². The Hall–Kier alpha value is -1.63. The van der Waals surface area contributed by atoms with E-state index >= 15 is 0 Å². The van der Waals surface area contributed by atoms with Crippen LogP contribution in [0.5, 0.6) is 5.75 Å². The van der Waals surface area contributed by atoms with Crippen LogP contribution in [-0.4, -0.2) is 13.2 Å². The van der Waals surface area contributed by atoms with Crippen molar-refractivity contribution in [2.75, 3.05) is 7.11 Å². The van der Waals surface area contributed by atoms with E-state index in [0.717, 1.165) is 0 Å². The number of isocyanates is 1. The van der Waals surface area contributed by atoms with Crippen LogP contribution in [0.2, 0.25) is 0 Å². The van der Waals surface area contributed by atoms with Crippen molar-refractivity contribution in [3.05, 3.63) is 28.2 Å². The largest absolute Gasteiger partial charge is 0.497 e. The number of hydrogen-bond donors (Lipinski definition) is 0. The molecule has 0 saturated heterocycles. The SMILES string of the molecule is COc1ccc(Br)c(C(C#N)N=C=O)c1. The topological polar surface area (TPSA) is 62.4 Å². The molecule has 0 amide bonds. The first-order valence-electron chi connectivity index (χ1n) is 4.03. The third kappa shape index (κ3) is 2.66. The van der Waals surface area contributed by atoms with E-state index in [1.807, 2.05) is 6.07 Å². The van der Waals surface area contributed by atoms with Gasteiger partial charge in [-0.3, -0.25) is 0 Å². The number of aliphatic imine (C=N–C) groups is 1. The summed E-state index contributed by atoms with van der Waals surface area (Å²) in [5.41, 5.74) is 0.584. The molecule has 15 heavy (non-hydrogen) atoms. The lowest BCUT2D eigenvalue weighted by atomic mass is 10.1. The van der Waals surface area contributed by atoms with E-state index in [1.54, 1.807) is 18.2 Å². The second-order valence-electron chi connectivity index (χ2n) is 2.64. The van der Waals surface area contributed by atoms with Crippen LogP contribution in [0.3, 0.4) is 0 Å². The van der Waals surface area contributed by atoms with Crippen molar-refractivity contribution < 1.29 is 9.53 Å². The Morgan fingerprint density at radius 3 is 2.87 bits per heavy atom. The Bertz CT molecular complexity index is 447. The molecule has 0 aliphatic heterocycles. The lowest BCUT2D eigenvalue weighted by Crippen LogP contribution is -1.94. The molecular weight excluding hydrogens is 260 g/mol. The van der Waals surface area contributed by atoms with Crippen molar-refractivity contribution in [3.63, 3.8) is 0 Å². The summed E-state index contributed by atoms with van der Waals surface area (Å²) in [5.74, 6) is 0.606. The Kier molecular flexibility index (Phi) is 4.04. The van der Waals surface area contributed by atoms with Crippen molar-refractivity contribution in [1.82, 2.24) is 0 Å². The van der Waals surface area contributed by atoms with Crippen molar-refractivity contribution in [3.8, 4) is 11.8 Å². The summed E-state index contributed by atoms with van der Waals surface area (Å²) in [7, 11) is 1.53. The van der Waals surface area contributed by atoms with Gasteiger partial charge in [-0.05, 0) is 18.2 Å². The average molecular weight is 267 g/mol. The second kappa shape index (κ2) is 5.30. The van der Waals surface area contributed by atoms with Crippen LogP contribution in [0.25, 0.3) is 0 Å². The molecule has 5 heteroatoms. The molecule has 0 aromatic heterocycles. The number of halogens is 1. The fourth-order valence-corrected chi connectivity index (χ4v) is 1.54. The first-order chi connectivity index (χ1) is 7.22. The van der Waals surface area contributed by atoms with Gasteiger partial charge in [0, 0.05) is 10.0 Å². The van der Waals surface area contributed by atoms with E-state index in [9.17, 15) is 4.79 Å². The molecular formula is C10H7BrN2O2. The lowest BCUT2D eigenvalue weighted by Gasteiger charge is -2.07. The molecule has 0 radical (unpaired) electrons. The molecule has 1 aromatic rings. The molecule has 0 aliphatic carbocycles. The number of nitrogens with zero attached hydrogens (tertiary/aromatic N) is 2. The van der Waals surface area contributed by atoms with Crippen LogP contribution in [0, 0.1) is 11.3 Å². The predicted molar refractivity (Wildman–Crippen MR) is 57.2 cm³/mol. The molecule has 0 bridgehead atoms. The minimum absolute atomic E-state index is 0.584. The molecule has 0 spiro atoms. The van der Waals surface area contributed by atoms with Crippen molar-refractivity contribution in [2.45, 2.75) is 6.04 Å². The Labute approximate surface area is 95.3 Å². The summed E-state index contributed by atoms with van der Waals surface area (Å²) >= 11 is 3.27. The van der Waals surface area contributed by atoms with E-state index in [-0.39, 0.29) is 0 Å². The van der Waals surface area contributed by atoms with Gasteiger partial charge in [0.1, 0.15) is 5.75 Å². The Balaban J connectivity index is 3.22. The summed E-state index contributed by atoms with van der Waals surface area (Å²) in [4.78, 5) is 13.5. The fraction of sp³-hybridized carbons (Fsp3) is 0.200. The zero-order chi connectivity index (χ0) is 11.3. The van der Waals surface area contributed by atoms with Gasteiger partial charge >= 0.3 is 0 Å². The quantitative estimate of drug-likeness (QED) is 0.623. The monoisotopic (exact) mass is 266 g/mol. The van der Waals surface area contributed by atoms with Crippen LogP contribution in [0.15, 0.2) is 27.7 Å². The van der Waals surface area contributed by atoms with Gasteiger partial charge in [-0.25, -0.2) is 4.79 Å². The zero-order valence-electron chi connectivity index (χ0n) is 7.90. The number of ether oxygens (including phenoxy) is 1. The highest BCUT2D eigenvalue weighted by atomic mass is 79.9. The van der Waals surface area contributed by atoms with Gasteiger partial charge in [0.25, 0.3) is 0 Å². The fourth-order valence-electron chi connectivity index (χ4n) is 1.08. The first-order valence-corrected chi connectivity index (χ1v) is 4.82. The molecule has 0 fully saturated rings.